The minimum absolute atomic E-state index is 0.0167. The molecule has 10 heteroatoms. The van der Waals surface area contributed by atoms with Crippen molar-refractivity contribution in [3.8, 4) is 35.0 Å². The van der Waals surface area contributed by atoms with Crippen LogP contribution < -0.4 is 4.31 Å². The quantitative estimate of drug-likeness (QED) is 0.433. The van der Waals surface area contributed by atoms with Crippen molar-refractivity contribution in [2.24, 2.45) is 0 Å². The first kappa shape index (κ1) is 21.8. The van der Waals surface area contributed by atoms with E-state index in [0.717, 1.165) is 15.4 Å². The summed E-state index contributed by atoms with van der Waals surface area (Å²) in [5.41, 5.74) is 2.47. The molecule has 0 saturated carbocycles. The van der Waals surface area contributed by atoms with Gasteiger partial charge in [-0.15, -0.1) is 0 Å². The van der Waals surface area contributed by atoms with Crippen LogP contribution in [0, 0.1) is 36.5 Å². The van der Waals surface area contributed by atoms with E-state index in [9.17, 15) is 18.9 Å². The summed E-state index contributed by atoms with van der Waals surface area (Å²) in [6.45, 7) is 3.82. The lowest BCUT2D eigenvalue weighted by Crippen LogP contribution is -2.27. The molecule has 2 heterocycles. The highest BCUT2D eigenvalue weighted by molar-refractivity contribution is 7.92. The highest BCUT2D eigenvalue weighted by Crippen LogP contribution is 2.33. The molecule has 0 spiro atoms. The molecule has 0 unspecified atom stereocenters. The van der Waals surface area contributed by atoms with Crippen LogP contribution in [0.5, 0.6) is 0 Å². The zero-order valence-electron chi connectivity index (χ0n) is 17.9. The van der Waals surface area contributed by atoms with E-state index in [0.29, 0.717) is 11.1 Å². The molecule has 4 aromatic rings. The van der Waals surface area contributed by atoms with E-state index in [2.05, 4.69) is 9.97 Å². The van der Waals surface area contributed by atoms with Crippen LogP contribution in [-0.4, -0.2) is 25.4 Å². The number of oxazole rings is 2. The number of rotatable bonds is 5. The fourth-order valence-electron chi connectivity index (χ4n) is 3.02. The van der Waals surface area contributed by atoms with E-state index >= 15 is 0 Å². The van der Waals surface area contributed by atoms with Gasteiger partial charge < -0.3 is 8.83 Å². The normalized spacial score (nSPS) is 11.1. The first-order chi connectivity index (χ1) is 15.7. The number of nitrogens with zero attached hydrogens (tertiary/aromatic N) is 5. The number of benzene rings is 2. The maximum Gasteiger partial charge on any atom is 0.303 e. The van der Waals surface area contributed by atoms with Crippen molar-refractivity contribution in [3.63, 3.8) is 0 Å². The zero-order valence-corrected chi connectivity index (χ0v) is 18.7. The molecular weight excluding hydrogens is 442 g/mol. The van der Waals surface area contributed by atoms with Gasteiger partial charge in [-0.2, -0.15) is 28.9 Å². The van der Waals surface area contributed by atoms with Crippen molar-refractivity contribution in [3.05, 3.63) is 71.0 Å². The van der Waals surface area contributed by atoms with Gasteiger partial charge in [-0.25, -0.2) is 4.31 Å². The van der Waals surface area contributed by atoms with Gasteiger partial charge in [0.05, 0.1) is 0 Å². The predicted molar refractivity (Wildman–Crippen MR) is 118 cm³/mol. The number of hydrogen-bond acceptors (Lipinski definition) is 8. The van der Waals surface area contributed by atoms with Gasteiger partial charge in [0.15, 0.2) is 0 Å². The first-order valence-electron chi connectivity index (χ1n) is 9.69. The van der Waals surface area contributed by atoms with Crippen LogP contribution in [0.2, 0.25) is 0 Å². The number of hydrogen-bond donors (Lipinski definition) is 0. The molecule has 164 valence electrons. The first-order valence-corrected chi connectivity index (χ1v) is 11.1. The molecule has 0 amide bonds. The van der Waals surface area contributed by atoms with Crippen molar-refractivity contribution >= 4 is 15.9 Å². The monoisotopic (exact) mass is 459 g/mol. The van der Waals surface area contributed by atoms with Gasteiger partial charge >= 0.3 is 10.0 Å². The highest BCUT2D eigenvalue weighted by atomic mass is 32.2. The van der Waals surface area contributed by atoms with Crippen LogP contribution in [0.4, 0.5) is 5.88 Å². The largest absolute Gasteiger partial charge is 0.421 e. The van der Waals surface area contributed by atoms with E-state index in [1.165, 1.54) is 7.05 Å². The third kappa shape index (κ3) is 3.95. The lowest BCUT2D eigenvalue weighted by atomic mass is 10.1. The lowest BCUT2D eigenvalue weighted by Gasteiger charge is -2.14. The van der Waals surface area contributed by atoms with Crippen molar-refractivity contribution in [2.45, 2.75) is 18.9 Å². The maximum atomic E-state index is 13.3. The summed E-state index contributed by atoms with van der Waals surface area (Å²) in [6.07, 6.45) is 0. The van der Waals surface area contributed by atoms with Gasteiger partial charge in [-0.05, 0) is 38.1 Å². The van der Waals surface area contributed by atoms with Crippen LogP contribution in [0.1, 0.15) is 22.5 Å². The molecule has 0 atom stereocenters. The Morgan fingerprint density at radius 3 is 1.73 bits per heavy atom. The molecule has 4 rings (SSSR count). The molecule has 9 nitrogen and oxygen atoms in total. The molecular formula is C23H17N5O4S. The zero-order chi connectivity index (χ0) is 23.8. The summed E-state index contributed by atoms with van der Waals surface area (Å²) in [7, 11) is -3.26. The second-order valence-corrected chi connectivity index (χ2v) is 9.12. The van der Waals surface area contributed by atoms with Gasteiger partial charge in [0.1, 0.15) is 12.1 Å². The molecule has 0 N–H and O–H groups in total. The van der Waals surface area contributed by atoms with Crippen LogP contribution in [0.15, 0.2) is 62.5 Å². The minimum atomic E-state index is -4.44. The molecule has 0 bridgehead atoms. The molecule has 2 aromatic heterocycles. The molecule has 0 fully saturated rings. The van der Waals surface area contributed by atoms with E-state index < -0.39 is 20.8 Å². The summed E-state index contributed by atoms with van der Waals surface area (Å²) in [5, 5.41) is 18.3. The van der Waals surface area contributed by atoms with Crippen LogP contribution in [-0.2, 0) is 10.0 Å². The van der Waals surface area contributed by atoms with Crippen molar-refractivity contribution in [1.82, 2.24) is 9.97 Å². The molecule has 0 aliphatic carbocycles. The van der Waals surface area contributed by atoms with E-state index in [1.807, 2.05) is 44.2 Å². The van der Waals surface area contributed by atoms with Gasteiger partial charge in [0, 0.05) is 18.2 Å². The van der Waals surface area contributed by atoms with Crippen LogP contribution >= 0.6 is 0 Å². The second-order valence-electron chi connectivity index (χ2n) is 7.26. The molecule has 2 aromatic carbocycles. The number of sulfonamides is 1. The Kier molecular flexibility index (Phi) is 5.46. The van der Waals surface area contributed by atoms with E-state index in [4.69, 9.17) is 8.83 Å². The van der Waals surface area contributed by atoms with Gasteiger partial charge in [-0.1, -0.05) is 35.4 Å². The SMILES string of the molecule is Cc1ccc(-c2nc(C#N)c(N(C)S(=O)(=O)c3oc(-c4ccc(C)cc4)nc3C#N)o2)cc1. The fourth-order valence-corrected chi connectivity index (χ4v) is 4.13. The summed E-state index contributed by atoms with van der Waals surface area (Å²) < 4.78 is 38.5. The third-order valence-corrected chi connectivity index (χ3v) is 6.53. The lowest BCUT2D eigenvalue weighted by molar-refractivity contribution is 0.455. The highest BCUT2D eigenvalue weighted by Gasteiger charge is 2.35. The Labute approximate surface area is 190 Å². The van der Waals surface area contributed by atoms with Crippen molar-refractivity contribution in [1.29, 1.82) is 10.5 Å². The van der Waals surface area contributed by atoms with Gasteiger partial charge in [0.2, 0.25) is 29.1 Å². The average Bonchev–Trinajstić information content (AvgIpc) is 3.44. The Morgan fingerprint density at radius 2 is 1.24 bits per heavy atom. The topological polar surface area (TPSA) is 137 Å². The Balaban J connectivity index is 1.77. The Morgan fingerprint density at radius 1 is 0.788 bits per heavy atom. The minimum Gasteiger partial charge on any atom is -0.421 e. The second kappa shape index (κ2) is 8.26. The van der Waals surface area contributed by atoms with E-state index in [-0.39, 0.29) is 23.4 Å². The summed E-state index contributed by atoms with van der Waals surface area (Å²) in [6, 6.07) is 17.8. The van der Waals surface area contributed by atoms with E-state index in [1.54, 1.807) is 30.3 Å². The number of aromatic nitrogens is 2. The molecule has 0 aliphatic heterocycles. The number of aryl methyl sites for hydroxylation is 2. The maximum absolute atomic E-state index is 13.3. The third-order valence-electron chi connectivity index (χ3n) is 4.90. The number of nitriles is 2. The van der Waals surface area contributed by atoms with Crippen LogP contribution in [0.3, 0.4) is 0 Å². The van der Waals surface area contributed by atoms with Crippen LogP contribution in [0.25, 0.3) is 22.9 Å². The number of anilines is 1. The molecule has 0 saturated heterocycles. The Hall–Kier alpha value is -4.41. The summed E-state index contributed by atoms with van der Waals surface area (Å²) in [5.74, 6) is -0.232. The van der Waals surface area contributed by atoms with Gasteiger partial charge in [-0.3, -0.25) is 0 Å². The molecule has 0 radical (unpaired) electrons. The standard InChI is InChI=1S/C23H17N5O4S/c1-14-4-8-16(9-5-14)20-26-18(12-24)22(31-20)28(3)33(29,30)23-19(13-25)27-21(32-23)17-10-6-15(2)7-11-17/h4-11H,1-3H3. The van der Waals surface area contributed by atoms with Gasteiger partial charge in [0.25, 0.3) is 5.09 Å². The summed E-state index contributed by atoms with van der Waals surface area (Å²) in [4.78, 5) is 8.15. The molecule has 0 aliphatic rings. The predicted octanol–water partition coefficient (Wildman–Crippen LogP) is 4.18. The molecule has 33 heavy (non-hydrogen) atoms. The summed E-state index contributed by atoms with van der Waals surface area (Å²) >= 11 is 0. The smallest absolute Gasteiger partial charge is 0.303 e. The fraction of sp³-hybridized carbons (Fsp3) is 0.130. The Bertz CT molecular complexity index is 1520. The van der Waals surface area contributed by atoms with Crippen molar-refractivity contribution in [2.75, 3.05) is 11.4 Å². The average molecular weight is 459 g/mol. The van der Waals surface area contributed by atoms with Crippen molar-refractivity contribution < 1.29 is 17.3 Å².